The predicted molar refractivity (Wildman–Crippen MR) is 63.9 cm³/mol. The maximum atomic E-state index is 12.2. The zero-order valence-electron chi connectivity index (χ0n) is 10.3. The van der Waals surface area contributed by atoms with E-state index in [0.29, 0.717) is 24.5 Å². The van der Waals surface area contributed by atoms with Gasteiger partial charge in [-0.3, -0.25) is 15.0 Å². The summed E-state index contributed by atoms with van der Waals surface area (Å²) >= 11 is 0. The number of hydrogen-bond acceptors (Lipinski definition) is 4. The molecule has 0 aromatic carbocycles. The van der Waals surface area contributed by atoms with Crippen molar-refractivity contribution < 1.29 is 14.3 Å². The van der Waals surface area contributed by atoms with Crippen LogP contribution in [0.2, 0.25) is 0 Å². The third-order valence-corrected chi connectivity index (χ3v) is 4.79. The predicted octanol–water partition coefficient (Wildman–Crippen LogP) is 0.861. The first kappa shape index (κ1) is 11.7. The third kappa shape index (κ3) is 1.64. The Morgan fingerprint density at radius 2 is 1.94 bits per heavy atom. The third-order valence-electron chi connectivity index (χ3n) is 4.79. The molecule has 98 valence electrons. The summed E-state index contributed by atoms with van der Waals surface area (Å²) in [5, 5.41) is 7.10. The largest absolute Gasteiger partial charge is 0.457 e. The zero-order valence-corrected chi connectivity index (χ0v) is 10.3. The Kier molecular flexibility index (Phi) is 2.47. The topological polar surface area (TPSA) is 93.2 Å². The van der Waals surface area contributed by atoms with E-state index in [4.69, 9.17) is 15.9 Å². The van der Waals surface area contributed by atoms with Crippen LogP contribution >= 0.6 is 0 Å². The van der Waals surface area contributed by atoms with Gasteiger partial charge in [0.05, 0.1) is 5.41 Å². The van der Waals surface area contributed by atoms with E-state index in [1.807, 2.05) is 0 Å². The summed E-state index contributed by atoms with van der Waals surface area (Å²) in [7, 11) is 0. The first-order chi connectivity index (χ1) is 8.50. The Morgan fingerprint density at radius 3 is 2.50 bits per heavy atom. The average Bonchev–Trinajstić information content (AvgIpc) is 2.31. The molecule has 4 rings (SSSR count). The first-order valence-electron chi connectivity index (χ1n) is 6.54. The number of hydrogen-bond donors (Lipinski definition) is 2. The summed E-state index contributed by atoms with van der Waals surface area (Å²) in [5.74, 6) is 0.627. The number of nitrogens with one attached hydrogen (secondary N) is 1. The lowest BCUT2D eigenvalue weighted by Gasteiger charge is -2.53. The smallest absolute Gasteiger partial charge is 0.312 e. The van der Waals surface area contributed by atoms with E-state index in [1.54, 1.807) is 0 Å². The van der Waals surface area contributed by atoms with Crippen LogP contribution in [0.25, 0.3) is 0 Å². The summed E-state index contributed by atoms with van der Waals surface area (Å²) in [5.41, 5.74) is 4.75. The highest BCUT2D eigenvalue weighted by Gasteiger charge is 2.58. The summed E-state index contributed by atoms with van der Waals surface area (Å²) in [6.07, 6.45) is 4.06. The van der Waals surface area contributed by atoms with Crippen LogP contribution in [0.4, 0.5) is 0 Å². The molecule has 3 N–H and O–H groups in total. The Balaban J connectivity index is 1.77. The van der Waals surface area contributed by atoms with Gasteiger partial charge in [0.15, 0.2) is 0 Å². The van der Waals surface area contributed by atoms with Crippen molar-refractivity contribution in [2.45, 2.75) is 32.1 Å². The molecular weight excluding hydrogens is 232 g/mol. The van der Waals surface area contributed by atoms with Crippen LogP contribution in [0.3, 0.4) is 0 Å². The molecule has 0 aliphatic heterocycles. The Morgan fingerprint density at radius 1 is 1.33 bits per heavy atom. The molecule has 4 fully saturated rings. The van der Waals surface area contributed by atoms with E-state index in [-0.39, 0.29) is 30.2 Å². The van der Waals surface area contributed by atoms with Crippen molar-refractivity contribution >= 4 is 17.6 Å². The molecule has 5 heteroatoms. The van der Waals surface area contributed by atoms with Gasteiger partial charge in [0.25, 0.3) is 0 Å². The first-order valence-corrected chi connectivity index (χ1v) is 6.54. The minimum Gasteiger partial charge on any atom is -0.457 e. The van der Waals surface area contributed by atoms with Gasteiger partial charge in [0, 0.05) is 11.8 Å². The highest BCUT2D eigenvalue weighted by Crippen LogP contribution is 2.58. The van der Waals surface area contributed by atoms with E-state index in [2.05, 4.69) is 0 Å². The molecule has 18 heavy (non-hydrogen) atoms. The SMILES string of the molecule is N=C(N)COC(=O)C12CC3CC(C1)C(=O)C(C3)C2. The van der Waals surface area contributed by atoms with Crippen LogP contribution in [0.5, 0.6) is 0 Å². The van der Waals surface area contributed by atoms with Crippen LogP contribution in [0.1, 0.15) is 32.1 Å². The number of esters is 1. The molecule has 0 aromatic rings. The quantitative estimate of drug-likeness (QED) is 0.441. The molecule has 0 saturated heterocycles. The van der Waals surface area contributed by atoms with E-state index >= 15 is 0 Å². The number of amidine groups is 1. The monoisotopic (exact) mass is 250 g/mol. The van der Waals surface area contributed by atoms with Crippen LogP contribution in [0, 0.1) is 28.6 Å². The maximum Gasteiger partial charge on any atom is 0.312 e. The Labute approximate surface area is 106 Å². The summed E-state index contributed by atoms with van der Waals surface area (Å²) in [4.78, 5) is 24.2. The van der Waals surface area contributed by atoms with Crippen LogP contribution in [0.15, 0.2) is 0 Å². The van der Waals surface area contributed by atoms with Gasteiger partial charge in [-0.2, -0.15) is 0 Å². The van der Waals surface area contributed by atoms with Crippen molar-refractivity contribution in [2.75, 3.05) is 6.61 Å². The van der Waals surface area contributed by atoms with Gasteiger partial charge in [-0.15, -0.1) is 0 Å². The molecule has 4 saturated carbocycles. The number of ketones is 1. The normalized spacial score (nSPS) is 40.9. The van der Waals surface area contributed by atoms with Crippen molar-refractivity contribution in [3.05, 3.63) is 0 Å². The van der Waals surface area contributed by atoms with Crippen molar-refractivity contribution in [1.29, 1.82) is 5.41 Å². The molecule has 4 bridgehead atoms. The number of carbonyl (C=O) groups excluding carboxylic acids is 2. The second kappa shape index (κ2) is 3.80. The van der Waals surface area contributed by atoms with Gasteiger partial charge >= 0.3 is 5.97 Å². The van der Waals surface area contributed by atoms with Gasteiger partial charge < -0.3 is 10.5 Å². The molecule has 2 unspecified atom stereocenters. The second-order valence-corrected chi connectivity index (χ2v) is 6.13. The molecule has 4 aliphatic carbocycles. The average molecular weight is 250 g/mol. The fourth-order valence-corrected chi connectivity index (χ4v) is 4.29. The number of carbonyl (C=O) groups is 2. The fourth-order valence-electron chi connectivity index (χ4n) is 4.29. The van der Waals surface area contributed by atoms with Crippen LogP contribution in [-0.4, -0.2) is 24.2 Å². The molecule has 0 aromatic heterocycles. The molecule has 0 amide bonds. The fraction of sp³-hybridized carbons (Fsp3) is 0.769. The minimum absolute atomic E-state index is 0.0705. The number of Topliss-reactive ketones (excluding diaryl/α,β-unsaturated/α-hetero) is 1. The zero-order chi connectivity index (χ0) is 12.9. The van der Waals surface area contributed by atoms with Crippen molar-refractivity contribution in [2.24, 2.45) is 28.9 Å². The molecule has 0 spiro atoms. The van der Waals surface area contributed by atoms with Gasteiger partial charge in [0.2, 0.25) is 0 Å². The molecule has 2 atom stereocenters. The number of nitrogens with two attached hydrogens (primary N) is 1. The lowest BCUT2D eigenvalue weighted by Crippen LogP contribution is -2.55. The van der Waals surface area contributed by atoms with E-state index in [1.165, 1.54) is 0 Å². The van der Waals surface area contributed by atoms with Gasteiger partial charge in [-0.1, -0.05) is 0 Å². The maximum absolute atomic E-state index is 12.2. The van der Waals surface area contributed by atoms with Crippen molar-refractivity contribution in [3.8, 4) is 0 Å². The summed E-state index contributed by atoms with van der Waals surface area (Å²) < 4.78 is 5.12. The van der Waals surface area contributed by atoms with E-state index < -0.39 is 5.41 Å². The highest BCUT2D eigenvalue weighted by atomic mass is 16.5. The van der Waals surface area contributed by atoms with Crippen LogP contribution < -0.4 is 5.73 Å². The second-order valence-electron chi connectivity index (χ2n) is 6.13. The van der Waals surface area contributed by atoms with Crippen LogP contribution in [-0.2, 0) is 14.3 Å². The lowest BCUT2D eigenvalue weighted by atomic mass is 9.49. The Hall–Kier alpha value is -1.39. The Bertz CT molecular complexity index is 414. The van der Waals surface area contributed by atoms with Gasteiger partial charge in [-0.25, -0.2) is 0 Å². The summed E-state index contributed by atoms with van der Waals surface area (Å²) in [6, 6.07) is 0. The lowest BCUT2D eigenvalue weighted by molar-refractivity contribution is -0.173. The van der Waals surface area contributed by atoms with Gasteiger partial charge in [-0.05, 0) is 38.0 Å². The van der Waals surface area contributed by atoms with E-state index in [0.717, 1.165) is 19.3 Å². The molecule has 0 heterocycles. The number of ether oxygens (including phenoxy) is 1. The molecule has 4 aliphatic rings. The van der Waals surface area contributed by atoms with Gasteiger partial charge in [0.1, 0.15) is 18.2 Å². The standard InChI is InChI=1S/C13H18N2O3/c14-10(15)6-18-12(17)13-3-7-1-8(4-13)11(16)9(2-7)5-13/h7-9H,1-6H2,(H3,14,15). The molecular formula is C13H18N2O3. The number of rotatable bonds is 3. The van der Waals surface area contributed by atoms with Crippen molar-refractivity contribution in [1.82, 2.24) is 0 Å². The molecule has 5 nitrogen and oxygen atoms in total. The highest BCUT2D eigenvalue weighted by molar-refractivity contribution is 5.90. The minimum atomic E-state index is -0.458. The van der Waals surface area contributed by atoms with Crippen molar-refractivity contribution in [3.63, 3.8) is 0 Å². The summed E-state index contributed by atoms with van der Waals surface area (Å²) in [6.45, 7) is -0.130. The van der Waals surface area contributed by atoms with E-state index in [9.17, 15) is 9.59 Å². The molecule has 0 radical (unpaired) electrons.